The Balaban J connectivity index is 2.00. The van der Waals surface area contributed by atoms with Gasteiger partial charge in [0.25, 0.3) is 0 Å². The number of hydrogen-bond donors (Lipinski definition) is 2. The van der Waals surface area contributed by atoms with Gasteiger partial charge in [0.15, 0.2) is 34.5 Å². The molecule has 2 aromatic rings. The Morgan fingerprint density at radius 1 is 0.952 bits per heavy atom. The fourth-order valence-electron chi connectivity index (χ4n) is 2.49. The lowest BCUT2D eigenvalue weighted by Gasteiger charge is -2.23. The third kappa shape index (κ3) is 2.49. The lowest BCUT2D eigenvalue weighted by molar-refractivity contribution is 0.340. The van der Waals surface area contributed by atoms with Crippen LogP contribution in [0.5, 0.6) is 34.5 Å². The van der Waals surface area contributed by atoms with Gasteiger partial charge in [-0.2, -0.15) is 0 Å². The minimum Gasteiger partial charge on any atom is -0.504 e. The van der Waals surface area contributed by atoms with E-state index in [9.17, 15) is 10.2 Å². The highest BCUT2D eigenvalue weighted by Crippen LogP contribution is 2.52. The van der Waals surface area contributed by atoms with Crippen LogP contribution >= 0.6 is 0 Å². The van der Waals surface area contributed by atoms with Crippen LogP contribution < -0.4 is 9.47 Å². The maximum absolute atomic E-state index is 10.1. The number of phenols is 2. The molecule has 2 N–H and O–H groups in total. The van der Waals surface area contributed by atoms with Gasteiger partial charge in [0.05, 0.1) is 0 Å². The zero-order chi connectivity index (χ0) is 14.8. The highest BCUT2D eigenvalue weighted by Gasteiger charge is 2.25. The predicted octanol–water partition coefficient (Wildman–Crippen LogP) is 4.73. The Kier molecular flexibility index (Phi) is 3.60. The van der Waals surface area contributed by atoms with Crippen LogP contribution in [0.2, 0.25) is 0 Å². The van der Waals surface area contributed by atoms with E-state index in [1.54, 1.807) is 6.07 Å². The van der Waals surface area contributed by atoms with Crippen LogP contribution in [0.4, 0.5) is 0 Å². The molecule has 1 aliphatic heterocycles. The van der Waals surface area contributed by atoms with E-state index in [2.05, 4.69) is 6.92 Å². The molecular weight excluding hydrogens is 268 g/mol. The maximum atomic E-state index is 10.1. The summed E-state index contributed by atoms with van der Waals surface area (Å²) in [5.41, 5.74) is 0.605. The van der Waals surface area contributed by atoms with Crippen molar-refractivity contribution in [3.05, 3.63) is 35.9 Å². The molecule has 110 valence electrons. The third-order valence-corrected chi connectivity index (χ3v) is 3.61. The molecule has 0 saturated carbocycles. The Morgan fingerprint density at radius 2 is 1.67 bits per heavy atom. The maximum Gasteiger partial charge on any atom is 0.177 e. The largest absolute Gasteiger partial charge is 0.504 e. The van der Waals surface area contributed by atoms with Crippen LogP contribution in [0.3, 0.4) is 0 Å². The lowest BCUT2D eigenvalue weighted by Crippen LogP contribution is -2.02. The van der Waals surface area contributed by atoms with Crippen molar-refractivity contribution in [3.63, 3.8) is 0 Å². The molecule has 0 unspecified atom stereocenters. The Hall–Kier alpha value is -2.36. The molecule has 21 heavy (non-hydrogen) atoms. The van der Waals surface area contributed by atoms with Crippen LogP contribution in [0.25, 0.3) is 0 Å². The smallest absolute Gasteiger partial charge is 0.177 e. The molecule has 3 rings (SSSR count). The number of aromatic hydroxyl groups is 2. The van der Waals surface area contributed by atoms with Gasteiger partial charge >= 0.3 is 0 Å². The number of rotatable bonds is 4. The van der Waals surface area contributed by atoms with Crippen molar-refractivity contribution in [2.24, 2.45) is 0 Å². The first-order valence-electron chi connectivity index (χ1n) is 7.23. The first kappa shape index (κ1) is 13.6. The minimum atomic E-state index is -0.178. The van der Waals surface area contributed by atoms with Crippen molar-refractivity contribution >= 4 is 0 Å². The molecule has 0 aromatic heterocycles. The van der Waals surface area contributed by atoms with E-state index in [4.69, 9.17) is 9.47 Å². The normalized spacial score (nSPS) is 12.0. The van der Waals surface area contributed by atoms with Gasteiger partial charge in [-0.1, -0.05) is 31.9 Å². The lowest BCUT2D eigenvalue weighted by atomic mass is 10.0. The zero-order valence-electron chi connectivity index (χ0n) is 11.9. The van der Waals surface area contributed by atoms with Gasteiger partial charge in [-0.25, -0.2) is 0 Å². The molecule has 0 amide bonds. The molecule has 2 aromatic carbocycles. The van der Waals surface area contributed by atoms with Crippen LogP contribution in [0.1, 0.15) is 31.7 Å². The van der Waals surface area contributed by atoms with E-state index in [-0.39, 0.29) is 11.5 Å². The van der Waals surface area contributed by atoms with E-state index in [1.165, 1.54) is 6.07 Å². The monoisotopic (exact) mass is 286 g/mol. The second kappa shape index (κ2) is 5.56. The summed E-state index contributed by atoms with van der Waals surface area (Å²) in [4.78, 5) is 0. The summed E-state index contributed by atoms with van der Waals surface area (Å²) in [6.45, 7) is 2.12. The van der Waals surface area contributed by atoms with Crippen molar-refractivity contribution in [2.45, 2.75) is 32.6 Å². The summed E-state index contributed by atoms with van der Waals surface area (Å²) < 4.78 is 11.6. The minimum absolute atomic E-state index is 0.118. The number of fused-ring (bicyclic) bond motifs is 2. The van der Waals surface area contributed by atoms with Crippen LogP contribution in [-0.2, 0) is 6.42 Å². The summed E-state index contributed by atoms with van der Waals surface area (Å²) in [6, 6.07) is 8.74. The van der Waals surface area contributed by atoms with Gasteiger partial charge < -0.3 is 19.7 Å². The van der Waals surface area contributed by atoms with Crippen LogP contribution in [0.15, 0.2) is 30.3 Å². The number of para-hydroxylation sites is 2. The highest BCUT2D eigenvalue weighted by molar-refractivity contribution is 5.64. The van der Waals surface area contributed by atoms with E-state index < -0.39 is 0 Å². The summed E-state index contributed by atoms with van der Waals surface area (Å²) in [5, 5.41) is 20.0. The Morgan fingerprint density at radius 3 is 2.38 bits per heavy atom. The topological polar surface area (TPSA) is 58.9 Å². The fourth-order valence-corrected chi connectivity index (χ4v) is 2.49. The van der Waals surface area contributed by atoms with Gasteiger partial charge in [0, 0.05) is 11.6 Å². The molecule has 0 radical (unpaired) electrons. The number of unbranched alkanes of at least 4 members (excludes halogenated alkanes) is 2. The van der Waals surface area contributed by atoms with Crippen molar-refractivity contribution in [1.29, 1.82) is 0 Å². The number of phenolic OH excluding ortho intramolecular Hbond substituents is 2. The molecule has 0 atom stereocenters. The molecule has 4 heteroatoms. The van der Waals surface area contributed by atoms with Crippen molar-refractivity contribution in [2.75, 3.05) is 0 Å². The fraction of sp³-hybridized carbons (Fsp3) is 0.294. The third-order valence-electron chi connectivity index (χ3n) is 3.61. The standard InChI is InChI=1S/C17H18O4/c1-2-3-4-7-11-16(19)12(18)10-15-17(11)21-14-9-6-5-8-13(14)20-15/h5-6,8-10,18-19H,2-4,7H2,1H3. The molecule has 0 bridgehead atoms. The van der Waals surface area contributed by atoms with E-state index in [0.717, 1.165) is 19.3 Å². The summed E-state index contributed by atoms with van der Waals surface area (Å²) >= 11 is 0. The SMILES string of the molecule is CCCCCc1c(O)c(O)cc2c1Oc1ccccc1O2. The van der Waals surface area contributed by atoms with E-state index >= 15 is 0 Å². The van der Waals surface area contributed by atoms with Crippen LogP contribution in [-0.4, -0.2) is 10.2 Å². The van der Waals surface area contributed by atoms with Gasteiger partial charge in [0.2, 0.25) is 0 Å². The predicted molar refractivity (Wildman–Crippen MR) is 79.6 cm³/mol. The van der Waals surface area contributed by atoms with Gasteiger partial charge in [-0.05, 0) is 25.0 Å². The summed E-state index contributed by atoms with van der Waals surface area (Å²) in [5.74, 6) is 1.87. The molecule has 1 heterocycles. The summed E-state index contributed by atoms with van der Waals surface area (Å²) in [7, 11) is 0. The molecule has 0 aliphatic carbocycles. The quantitative estimate of drug-likeness (QED) is 0.538. The highest BCUT2D eigenvalue weighted by atomic mass is 16.6. The van der Waals surface area contributed by atoms with Crippen LogP contribution in [0, 0.1) is 0 Å². The van der Waals surface area contributed by atoms with E-state index in [0.29, 0.717) is 35.0 Å². The van der Waals surface area contributed by atoms with Crippen molar-refractivity contribution in [1.82, 2.24) is 0 Å². The zero-order valence-corrected chi connectivity index (χ0v) is 11.9. The van der Waals surface area contributed by atoms with Gasteiger partial charge in [-0.3, -0.25) is 0 Å². The second-order valence-electron chi connectivity index (χ2n) is 5.16. The molecule has 1 aliphatic rings. The van der Waals surface area contributed by atoms with E-state index in [1.807, 2.05) is 18.2 Å². The van der Waals surface area contributed by atoms with Gasteiger partial charge in [-0.15, -0.1) is 0 Å². The molecular formula is C17H18O4. The van der Waals surface area contributed by atoms with Crippen molar-refractivity contribution in [3.8, 4) is 34.5 Å². The average molecular weight is 286 g/mol. The second-order valence-corrected chi connectivity index (χ2v) is 5.16. The Labute approximate surface area is 123 Å². The molecule has 0 fully saturated rings. The van der Waals surface area contributed by atoms with Gasteiger partial charge in [0.1, 0.15) is 0 Å². The molecule has 4 nitrogen and oxygen atoms in total. The number of benzene rings is 2. The van der Waals surface area contributed by atoms with Crippen molar-refractivity contribution < 1.29 is 19.7 Å². The summed E-state index contributed by atoms with van der Waals surface area (Å²) in [6.07, 6.45) is 3.70. The average Bonchev–Trinajstić information content (AvgIpc) is 2.49. The number of ether oxygens (including phenoxy) is 2. The molecule has 0 saturated heterocycles. The first-order chi connectivity index (χ1) is 10.2. The first-order valence-corrected chi connectivity index (χ1v) is 7.23. The number of hydrogen-bond acceptors (Lipinski definition) is 4. The molecule has 0 spiro atoms. The Bertz CT molecular complexity index is 664.